The van der Waals surface area contributed by atoms with E-state index in [1.807, 2.05) is 18.2 Å². The second-order valence-corrected chi connectivity index (χ2v) is 3.31. The Labute approximate surface area is 93.7 Å². The summed E-state index contributed by atoms with van der Waals surface area (Å²) in [5, 5.41) is 0. The molecule has 0 spiro atoms. The smallest absolute Gasteiger partial charge is 0.150 e. The first kappa shape index (κ1) is 10.4. The quantitative estimate of drug-likeness (QED) is 0.735. The number of benzene rings is 1. The molecule has 0 aliphatic heterocycles. The fraction of sp³-hybridized carbons (Fsp3) is 0.0769. The molecule has 0 bridgehead atoms. The van der Waals surface area contributed by atoms with Crippen molar-refractivity contribution < 1.29 is 9.53 Å². The van der Waals surface area contributed by atoms with Crippen molar-refractivity contribution in [2.45, 2.75) is 0 Å². The van der Waals surface area contributed by atoms with E-state index >= 15 is 0 Å². The van der Waals surface area contributed by atoms with E-state index < -0.39 is 0 Å². The summed E-state index contributed by atoms with van der Waals surface area (Å²) in [6, 6.07) is 9.10. The molecule has 2 aromatic rings. The highest BCUT2D eigenvalue weighted by Crippen LogP contribution is 2.26. The predicted molar refractivity (Wildman–Crippen MR) is 61.6 cm³/mol. The van der Waals surface area contributed by atoms with E-state index in [1.165, 1.54) is 0 Å². The zero-order chi connectivity index (χ0) is 11.4. The van der Waals surface area contributed by atoms with E-state index in [2.05, 4.69) is 4.98 Å². The molecule has 80 valence electrons. The molecular formula is C13H11NO2. The van der Waals surface area contributed by atoms with Crippen molar-refractivity contribution in [3.05, 3.63) is 48.3 Å². The van der Waals surface area contributed by atoms with Crippen LogP contribution in [0.15, 0.2) is 42.7 Å². The molecular weight excluding hydrogens is 202 g/mol. The van der Waals surface area contributed by atoms with Gasteiger partial charge in [0.1, 0.15) is 5.75 Å². The van der Waals surface area contributed by atoms with Gasteiger partial charge in [0.2, 0.25) is 0 Å². The Morgan fingerprint density at radius 2 is 1.94 bits per heavy atom. The Bertz CT molecular complexity index is 495. The first-order valence-electron chi connectivity index (χ1n) is 4.89. The molecule has 2 rings (SSSR count). The minimum absolute atomic E-state index is 0.645. The summed E-state index contributed by atoms with van der Waals surface area (Å²) in [6.45, 7) is 0. The van der Waals surface area contributed by atoms with Crippen molar-refractivity contribution in [1.29, 1.82) is 0 Å². The van der Waals surface area contributed by atoms with Crippen molar-refractivity contribution in [3.8, 4) is 16.9 Å². The van der Waals surface area contributed by atoms with Crippen molar-refractivity contribution in [1.82, 2.24) is 4.98 Å². The molecule has 0 N–H and O–H groups in total. The van der Waals surface area contributed by atoms with Crippen molar-refractivity contribution in [2.24, 2.45) is 0 Å². The zero-order valence-corrected chi connectivity index (χ0v) is 8.88. The summed E-state index contributed by atoms with van der Waals surface area (Å²) in [7, 11) is 1.60. The molecule has 0 fully saturated rings. The normalized spacial score (nSPS) is 9.81. The van der Waals surface area contributed by atoms with Crippen LogP contribution in [0.5, 0.6) is 5.75 Å². The number of aromatic nitrogens is 1. The summed E-state index contributed by atoms with van der Waals surface area (Å²) in [5.74, 6) is 0.734. The number of hydrogen-bond acceptors (Lipinski definition) is 3. The standard InChI is InChI=1S/C13H11NO2/c1-16-12-3-2-11(9-15)13(8-12)10-4-6-14-7-5-10/h2-9H,1H3. The van der Waals surface area contributed by atoms with Gasteiger partial charge in [-0.25, -0.2) is 0 Å². The molecule has 3 heteroatoms. The number of hydrogen-bond donors (Lipinski definition) is 0. The minimum atomic E-state index is 0.645. The molecule has 3 nitrogen and oxygen atoms in total. The van der Waals surface area contributed by atoms with Crippen molar-refractivity contribution in [2.75, 3.05) is 7.11 Å². The van der Waals surface area contributed by atoms with E-state index in [0.717, 1.165) is 23.2 Å². The maximum absolute atomic E-state index is 10.9. The van der Waals surface area contributed by atoms with Crippen LogP contribution in [-0.2, 0) is 0 Å². The molecule has 0 atom stereocenters. The first-order valence-corrected chi connectivity index (χ1v) is 4.89. The molecule has 0 radical (unpaired) electrons. The highest BCUT2D eigenvalue weighted by molar-refractivity contribution is 5.88. The molecule has 0 unspecified atom stereocenters. The second kappa shape index (κ2) is 4.57. The number of pyridine rings is 1. The van der Waals surface area contributed by atoms with Crippen molar-refractivity contribution >= 4 is 6.29 Å². The topological polar surface area (TPSA) is 39.2 Å². The van der Waals surface area contributed by atoms with Crippen LogP contribution >= 0.6 is 0 Å². The summed E-state index contributed by atoms with van der Waals surface area (Å²) in [6.07, 6.45) is 4.24. The van der Waals surface area contributed by atoms with Crippen LogP contribution in [0.2, 0.25) is 0 Å². The Balaban J connectivity index is 2.57. The van der Waals surface area contributed by atoms with Gasteiger partial charge in [-0.15, -0.1) is 0 Å². The number of ether oxygens (including phenoxy) is 1. The molecule has 0 aliphatic carbocycles. The van der Waals surface area contributed by atoms with Gasteiger partial charge in [0.15, 0.2) is 6.29 Å². The van der Waals surface area contributed by atoms with Crippen LogP contribution in [0.3, 0.4) is 0 Å². The molecule has 0 saturated carbocycles. The Kier molecular flexibility index (Phi) is 2.96. The van der Waals surface area contributed by atoms with E-state index in [-0.39, 0.29) is 0 Å². The van der Waals surface area contributed by atoms with Crippen LogP contribution < -0.4 is 4.74 Å². The Hall–Kier alpha value is -2.16. The third kappa shape index (κ3) is 1.93. The number of nitrogens with zero attached hydrogens (tertiary/aromatic N) is 1. The first-order chi connectivity index (χ1) is 7.85. The average molecular weight is 213 g/mol. The fourth-order valence-electron chi connectivity index (χ4n) is 1.55. The molecule has 0 aliphatic rings. The molecule has 1 heterocycles. The maximum Gasteiger partial charge on any atom is 0.150 e. The third-order valence-electron chi connectivity index (χ3n) is 2.38. The lowest BCUT2D eigenvalue weighted by atomic mass is 10.0. The van der Waals surface area contributed by atoms with Gasteiger partial charge < -0.3 is 4.74 Å². The van der Waals surface area contributed by atoms with Gasteiger partial charge in [-0.2, -0.15) is 0 Å². The summed E-state index contributed by atoms with van der Waals surface area (Å²) in [5.41, 5.74) is 2.46. The SMILES string of the molecule is COc1ccc(C=O)c(-c2ccncc2)c1. The van der Waals surface area contributed by atoms with Gasteiger partial charge in [0.25, 0.3) is 0 Å². The molecule has 1 aromatic carbocycles. The van der Waals surface area contributed by atoms with Gasteiger partial charge in [0, 0.05) is 18.0 Å². The Morgan fingerprint density at radius 3 is 2.56 bits per heavy atom. The van der Waals surface area contributed by atoms with E-state index in [0.29, 0.717) is 5.56 Å². The summed E-state index contributed by atoms with van der Waals surface area (Å²) < 4.78 is 5.14. The van der Waals surface area contributed by atoms with E-state index in [9.17, 15) is 4.79 Å². The number of rotatable bonds is 3. The predicted octanol–water partition coefficient (Wildman–Crippen LogP) is 2.57. The van der Waals surface area contributed by atoms with Crippen LogP contribution in [0, 0.1) is 0 Å². The van der Waals surface area contributed by atoms with E-state index in [4.69, 9.17) is 4.74 Å². The van der Waals surface area contributed by atoms with E-state index in [1.54, 1.807) is 31.6 Å². The number of methoxy groups -OCH3 is 1. The molecule has 16 heavy (non-hydrogen) atoms. The van der Waals surface area contributed by atoms with Gasteiger partial charge in [-0.05, 0) is 41.5 Å². The molecule has 0 amide bonds. The van der Waals surface area contributed by atoms with Gasteiger partial charge >= 0.3 is 0 Å². The van der Waals surface area contributed by atoms with Crippen LogP contribution in [0.1, 0.15) is 10.4 Å². The van der Waals surface area contributed by atoms with Gasteiger partial charge in [-0.1, -0.05) is 0 Å². The van der Waals surface area contributed by atoms with Crippen LogP contribution in [0.25, 0.3) is 11.1 Å². The monoisotopic (exact) mass is 213 g/mol. The number of carbonyl (C=O) groups is 1. The lowest BCUT2D eigenvalue weighted by Crippen LogP contribution is -1.90. The molecule has 0 saturated heterocycles. The lowest BCUT2D eigenvalue weighted by molar-refractivity contribution is 0.112. The zero-order valence-electron chi connectivity index (χ0n) is 8.88. The highest BCUT2D eigenvalue weighted by atomic mass is 16.5. The van der Waals surface area contributed by atoms with Crippen LogP contribution in [-0.4, -0.2) is 18.4 Å². The Morgan fingerprint density at radius 1 is 1.19 bits per heavy atom. The molecule has 1 aromatic heterocycles. The number of carbonyl (C=O) groups excluding carboxylic acids is 1. The van der Waals surface area contributed by atoms with Crippen LogP contribution in [0.4, 0.5) is 0 Å². The van der Waals surface area contributed by atoms with Crippen molar-refractivity contribution in [3.63, 3.8) is 0 Å². The highest BCUT2D eigenvalue weighted by Gasteiger charge is 2.05. The minimum Gasteiger partial charge on any atom is -0.497 e. The maximum atomic E-state index is 10.9. The number of aldehydes is 1. The third-order valence-corrected chi connectivity index (χ3v) is 2.38. The van der Waals surface area contributed by atoms with Gasteiger partial charge in [-0.3, -0.25) is 9.78 Å². The summed E-state index contributed by atoms with van der Waals surface area (Å²) in [4.78, 5) is 14.9. The fourth-order valence-corrected chi connectivity index (χ4v) is 1.55. The largest absolute Gasteiger partial charge is 0.497 e. The van der Waals surface area contributed by atoms with Gasteiger partial charge in [0.05, 0.1) is 7.11 Å². The lowest BCUT2D eigenvalue weighted by Gasteiger charge is -2.07. The average Bonchev–Trinajstić information content (AvgIpc) is 2.39. The second-order valence-electron chi connectivity index (χ2n) is 3.31. The summed E-state index contributed by atoms with van der Waals surface area (Å²) >= 11 is 0.